The van der Waals surface area contributed by atoms with Gasteiger partial charge < -0.3 is 10.6 Å². The van der Waals surface area contributed by atoms with E-state index in [0.29, 0.717) is 5.84 Å². The lowest BCUT2D eigenvalue weighted by molar-refractivity contribution is -0.697. The molecule has 2 aromatic heterocycles. The van der Waals surface area contributed by atoms with E-state index in [1.165, 1.54) is 31.4 Å². The largest absolute Gasteiger partial charge is 0.388 e. The van der Waals surface area contributed by atoms with E-state index < -0.39 is 0 Å². The number of hydrogen-bond donors (Lipinski definition) is 1. The average molecular weight is 473 g/mol. The quantitative estimate of drug-likeness (QED) is 0.173. The maximum atomic E-state index is 5.59. The van der Waals surface area contributed by atoms with Crippen molar-refractivity contribution in [3.05, 3.63) is 77.6 Å². The van der Waals surface area contributed by atoms with Gasteiger partial charge in [0.2, 0.25) is 0 Å². The molecule has 5 rings (SSSR count). The van der Waals surface area contributed by atoms with Gasteiger partial charge in [0.15, 0.2) is 12.4 Å². The first-order valence-corrected chi connectivity index (χ1v) is 12.6. The Morgan fingerprint density at radius 3 is 2.76 bits per heavy atom. The van der Waals surface area contributed by atoms with Gasteiger partial charge in [-0.2, -0.15) is 0 Å². The van der Waals surface area contributed by atoms with Gasteiger partial charge >= 0.3 is 0 Å². The Hall–Kier alpha value is -3.16. The molecule has 1 aliphatic rings. The summed E-state index contributed by atoms with van der Waals surface area (Å²) >= 11 is 3.55. The number of amidine groups is 1. The topological polar surface area (TPSA) is 58.4 Å². The molecule has 0 radical (unpaired) electrons. The first kappa shape index (κ1) is 21.7. The number of aromatic nitrogens is 2. The molecule has 7 heteroatoms. The van der Waals surface area contributed by atoms with Gasteiger partial charge in [-0.1, -0.05) is 23.9 Å². The molecule has 2 N–H and O–H groups in total. The molecular formula is C26H26N5S2+. The molecule has 33 heavy (non-hydrogen) atoms. The third-order valence-corrected chi connectivity index (χ3v) is 7.78. The van der Waals surface area contributed by atoms with Gasteiger partial charge in [0.25, 0.3) is 0 Å². The van der Waals surface area contributed by atoms with E-state index >= 15 is 0 Å². The summed E-state index contributed by atoms with van der Waals surface area (Å²) in [5, 5.41) is 2.29. The molecule has 0 atom stereocenters. The number of nitrogens with two attached hydrogens (primary N) is 1. The van der Waals surface area contributed by atoms with Crippen LogP contribution in [0.15, 0.2) is 81.9 Å². The second-order valence-electron chi connectivity index (χ2n) is 8.06. The number of anilines is 1. The molecule has 0 saturated carbocycles. The predicted molar refractivity (Wildman–Crippen MR) is 141 cm³/mol. The molecular weight excluding hydrogens is 446 g/mol. The van der Waals surface area contributed by atoms with Crippen LogP contribution in [0.25, 0.3) is 26.9 Å². The normalized spacial score (nSPS) is 14.9. The van der Waals surface area contributed by atoms with Crippen LogP contribution >= 0.6 is 23.1 Å². The molecule has 3 heterocycles. The standard InChI is InChI=1S/C26H26N5S2/c1-18(27)28-12-5-13-31-14-10-19(11-15-31)16-25-30(2)22-9-8-20(17-24(22)32-25)26-29-21-6-3-4-7-23(21)33-26/h3-4,6-11,14-17H,5,12-13H2,1-2H3,(H2,27,28)/q+1. The van der Waals surface area contributed by atoms with Gasteiger partial charge in [0, 0.05) is 42.6 Å². The van der Waals surface area contributed by atoms with E-state index in [4.69, 9.17) is 10.7 Å². The van der Waals surface area contributed by atoms with E-state index in [1.54, 1.807) is 11.3 Å². The van der Waals surface area contributed by atoms with Crippen LogP contribution in [0.1, 0.15) is 18.9 Å². The first-order chi connectivity index (χ1) is 16.1. The molecule has 0 bridgehead atoms. The van der Waals surface area contributed by atoms with Gasteiger partial charge in [-0.15, -0.1) is 11.3 Å². The second-order valence-corrected chi connectivity index (χ2v) is 10.2. The Bertz CT molecular complexity index is 1320. The number of pyridine rings is 1. The van der Waals surface area contributed by atoms with Gasteiger partial charge in [0.05, 0.1) is 26.8 Å². The molecule has 0 aliphatic carbocycles. The second kappa shape index (κ2) is 9.37. The van der Waals surface area contributed by atoms with Crippen molar-refractivity contribution in [3.63, 3.8) is 0 Å². The fourth-order valence-corrected chi connectivity index (χ4v) is 5.91. The van der Waals surface area contributed by atoms with Crippen molar-refractivity contribution in [2.75, 3.05) is 18.5 Å². The van der Waals surface area contributed by atoms with Crippen molar-refractivity contribution in [2.45, 2.75) is 24.8 Å². The summed E-state index contributed by atoms with van der Waals surface area (Å²) in [6.45, 7) is 3.52. The maximum absolute atomic E-state index is 5.59. The number of thioether (sulfide) groups is 1. The zero-order chi connectivity index (χ0) is 22.8. The molecule has 0 saturated heterocycles. The van der Waals surface area contributed by atoms with Crippen LogP contribution in [0.5, 0.6) is 0 Å². The minimum atomic E-state index is 0.647. The summed E-state index contributed by atoms with van der Waals surface area (Å²) < 4.78 is 3.41. The summed E-state index contributed by atoms with van der Waals surface area (Å²) in [6.07, 6.45) is 7.48. The fourth-order valence-electron chi connectivity index (χ4n) is 3.79. The van der Waals surface area contributed by atoms with Crippen molar-refractivity contribution in [1.82, 2.24) is 4.98 Å². The summed E-state index contributed by atoms with van der Waals surface area (Å²) in [5.41, 5.74) is 10.3. The summed E-state index contributed by atoms with van der Waals surface area (Å²) in [5.74, 6) is 0.647. The van der Waals surface area contributed by atoms with Crippen LogP contribution < -0.4 is 15.2 Å². The number of fused-ring (bicyclic) bond motifs is 2. The van der Waals surface area contributed by atoms with Crippen LogP contribution in [0, 0.1) is 0 Å². The van der Waals surface area contributed by atoms with Crippen LogP contribution in [0.3, 0.4) is 0 Å². The highest BCUT2D eigenvalue weighted by Crippen LogP contribution is 2.47. The van der Waals surface area contributed by atoms with E-state index in [2.05, 4.69) is 88.5 Å². The van der Waals surface area contributed by atoms with Crippen molar-refractivity contribution >= 4 is 50.9 Å². The minimum absolute atomic E-state index is 0.647. The van der Waals surface area contributed by atoms with Crippen LogP contribution in [0.2, 0.25) is 0 Å². The monoisotopic (exact) mass is 472 g/mol. The highest BCUT2D eigenvalue weighted by atomic mass is 32.2. The molecule has 0 amide bonds. The van der Waals surface area contributed by atoms with Gasteiger partial charge in [0.1, 0.15) is 11.6 Å². The summed E-state index contributed by atoms with van der Waals surface area (Å²) in [4.78, 5) is 12.6. The third kappa shape index (κ3) is 4.79. The van der Waals surface area contributed by atoms with Crippen LogP contribution in [-0.4, -0.2) is 24.4 Å². The minimum Gasteiger partial charge on any atom is -0.388 e. The predicted octanol–water partition coefficient (Wildman–Crippen LogP) is 5.56. The van der Waals surface area contributed by atoms with E-state index in [-0.39, 0.29) is 0 Å². The van der Waals surface area contributed by atoms with Crippen LogP contribution in [0.4, 0.5) is 5.69 Å². The lowest BCUT2D eigenvalue weighted by Crippen LogP contribution is -2.32. The highest BCUT2D eigenvalue weighted by molar-refractivity contribution is 8.03. The molecule has 1 aliphatic heterocycles. The fraction of sp³-hybridized carbons (Fsp3) is 0.192. The van der Waals surface area contributed by atoms with Crippen molar-refractivity contribution in [2.24, 2.45) is 10.7 Å². The Morgan fingerprint density at radius 2 is 1.97 bits per heavy atom. The molecule has 0 spiro atoms. The summed E-state index contributed by atoms with van der Waals surface area (Å²) in [6, 6.07) is 19.3. The Morgan fingerprint density at radius 1 is 1.15 bits per heavy atom. The number of aliphatic imine (C=N–C) groups is 1. The molecule has 0 fully saturated rings. The Labute approximate surface area is 202 Å². The lowest BCUT2D eigenvalue weighted by Gasteiger charge is -2.13. The molecule has 2 aromatic carbocycles. The van der Waals surface area contributed by atoms with Gasteiger partial charge in [-0.25, -0.2) is 9.55 Å². The molecule has 4 aromatic rings. The zero-order valence-corrected chi connectivity index (χ0v) is 20.4. The molecule has 5 nitrogen and oxygen atoms in total. The number of aryl methyl sites for hydroxylation is 1. The number of para-hydroxylation sites is 1. The lowest BCUT2D eigenvalue weighted by atomic mass is 10.2. The number of nitrogens with zero attached hydrogens (tertiary/aromatic N) is 4. The smallest absolute Gasteiger partial charge is 0.169 e. The van der Waals surface area contributed by atoms with Crippen molar-refractivity contribution in [1.29, 1.82) is 0 Å². The molecule has 166 valence electrons. The van der Waals surface area contributed by atoms with Crippen molar-refractivity contribution in [3.8, 4) is 10.6 Å². The van der Waals surface area contributed by atoms with Gasteiger partial charge in [-0.3, -0.25) is 4.99 Å². The number of hydrogen-bond acceptors (Lipinski definition) is 5. The third-order valence-electron chi connectivity index (χ3n) is 5.55. The van der Waals surface area contributed by atoms with E-state index in [0.717, 1.165) is 30.0 Å². The van der Waals surface area contributed by atoms with E-state index in [1.807, 2.05) is 24.8 Å². The molecule has 0 unspecified atom stereocenters. The summed E-state index contributed by atoms with van der Waals surface area (Å²) in [7, 11) is 2.13. The van der Waals surface area contributed by atoms with Gasteiger partial charge in [-0.05, 0) is 48.9 Å². The Kier molecular flexibility index (Phi) is 6.15. The number of benzene rings is 2. The highest BCUT2D eigenvalue weighted by Gasteiger charge is 2.23. The number of thiazole rings is 1. The van der Waals surface area contributed by atoms with E-state index in [9.17, 15) is 0 Å². The number of rotatable bonds is 6. The average Bonchev–Trinajstić information content (AvgIpc) is 3.38. The van der Waals surface area contributed by atoms with Crippen LogP contribution in [-0.2, 0) is 6.54 Å². The SMILES string of the molecule is CC(N)=NCCC[n+]1ccc(/C=C2\Sc3cc(-c4nc5ccccc5s4)ccc3N2C)cc1. The van der Waals surface area contributed by atoms with Crippen molar-refractivity contribution < 1.29 is 4.57 Å². The zero-order valence-electron chi connectivity index (χ0n) is 18.7. The first-order valence-electron chi connectivity index (χ1n) is 11.0. The Balaban J connectivity index is 1.31. The maximum Gasteiger partial charge on any atom is 0.169 e.